The third-order valence-corrected chi connectivity index (χ3v) is 2.79. The Labute approximate surface area is 119 Å². The highest BCUT2D eigenvalue weighted by Gasteiger charge is 2.33. The quantitative estimate of drug-likeness (QED) is 0.818. The van der Waals surface area contributed by atoms with Crippen molar-refractivity contribution >= 4 is 12.4 Å². The first-order chi connectivity index (χ1) is 8.93. The van der Waals surface area contributed by atoms with Crippen LogP contribution in [0.3, 0.4) is 0 Å². The minimum atomic E-state index is -4.53. The Morgan fingerprint density at radius 1 is 0.950 bits per heavy atom. The van der Waals surface area contributed by atoms with Gasteiger partial charge in [0.1, 0.15) is 5.82 Å². The maximum atomic E-state index is 13.8. The smallest absolute Gasteiger partial charge is 0.326 e. The summed E-state index contributed by atoms with van der Waals surface area (Å²) in [5, 5.41) is 0. The molecule has 0 aromatic heterocycles. The summed E-state index contributed by atoms with van der Waals surface area (Å²) >= 11 is 0. The SMILES string of the molecule is Cl.NCc1ccc(F)c(-c2ccccc2C(F)(F)F)c1. The molecule has 6 heteroatoms. The Bertz CT molecular complexity index is 596. The maximum Gasteiger partial charge on any atom is 0.417 e. The Kier molecular flexibility index (Phi) is 5.14. The number of hydrogen-bond acceptors (Lipinski definition) is 1. The van der Waals surface area contributed by atoms with E-state index < -0.39 is 17.6 Å². The third-order valence-electron chi connectivity index (χ3n) is 2.79. The molecule has 1 nitrogen and oxygen atoms in total. The van der Waals surface area contributed by atoms with Gasteiger partial charge in [0.15, 0.2) is 0 Å². The zero-order valence-electron chi connectivity index (χ0n) is 10.2. The molecule has 0 saturated carbocycles. The van der Waals surface area contributed by atoms with Crippen molar-refractivity contribution in [3.8, 4) is 11.1 Å². The normalized spacial score (nSPS) is 11.1. The molecular weight excluding hydrogens is 294 g/mol. The van der Waals surface area contributed by atoms with Crippen LogP contribution < -0.4 is 5.73 Å². The van der Waals surface area contributed by atoms with Crippen LogP contribution in [0.4, 0.5) is 17.6 Å². The van der Waals surface area contributed by atoms with E-state index in [0.29, 0.717) is 5.56 Å². The van der Waals surface area contributed by atoms with Crippen molar-refractivity contribution in [3.63, 3.8) is 0 Å². The second-order valence-electron chi connectivity index (χ2n) is 4.06. The van der Waals surface area contributed by atoms with Crippen LogP contribution in [0.2, 0.25) is 0 Å². The summed E-state index contributed by atoms with van der Waals surface area (Å²) in [5.74, 6) is -0.700. The lowest BCUT2D eigenvalue weighted by molar-refractivity contribution is -0.137. The van der Waals surface area contributed by atoms with E-state index in [9.17, 15) is 17.6 Å². The lowest BCUT2D eigenvalue weighted by Crippen LogP contribution is -2.07. The van der Waals surface area contributed by atoms with Crippen molar-refractivity contribution in [3.05, 3.63) is 59.4 Å². The van der Waals surface area contributed by atoms with E-state index in [1.165, 1.54) is 30.3 Å². The van der Waals surface area contributed by atoms with E-state index in [0.717, 1.165) is 12.1 Å². The Morgan fingerprint density at radius 3 is 2.20 bits per heavy atom. The fourth-order valence-electron chi connectivity index (χ4n) is 1.87. The number of alkyl halides is 3. The topological polar surface area (TPSA) is 26.0 Å². The summed E-state index contributed by atoms with van der Waals surface area (Å²) in [4.78, 5) is 0. The summed E-state index contributed by atoms with van der Waals surface area (Å²) in [6.45, 7) is 0.140. The molecule has 0 saturated heterocycles. The van der Waals surface area contributed by atoms with Crippen molar-refractivity contribution in [2.24, 2.45) is 5.73 Å². The minimum Gasteiger partial charge on any atom is -0.326 e. The van der Waals surface area contributed by atoms with Gasteiger partial charge in [-0.25, -0.2) is 4.39 Å². The molecule has 0 amide bonds. The molecule has 0 atom stereocenters. The van der Waals surface area contributed by atoms with Crippen LogP contribution in [0, 0.1) is 5.82 Å². The molecule has 0 unspecified atom stereocenters. The van der Waals surface area contributed by atoms with Gasteiger partial charge in [0.2, 0.25) is 0 Å². The van der Waals surface area contributed by atoms with Crippen molar-refractivity contribution in [2.75, 3.05) is 0 Å². The van der Waals surface area contributed by atoms with Gasteiger partial charge in [-0.1, -0.05) is 24.3 Å². The molecule has 2 N–H and O–H groups in total. The predicted molar refractivity (Wildman–Crippen MR) is 72.0 cm³/mol. The van der Waals surface area contributed by atoms with Crippen LogP contribution in [0.5, 0.6) is 0 Å². The molecule has 20 heavy (non-hydrogen) atoms. The van der Waals surface area contributed by atoms with Crippen LogP contribution >= 0.6 is 12.4 Å². The lowest BCUT2D eigenvalue weighted by atomic mass is 9.97. The van der Waals surface area contributed by atoms with Crippen LogP contribution in [-0.4, -0.2) is 0 Å². The first-order valence-electron chi connectivity index (χ1n) is 5.58. The summed E-state index contributed by atoms with van der Waals surface area (Å²) < 4.78 is 52.5. The molecule has 0 spiro atoms. The minimum absolute atomic E-state index is 0. The standard InChI is InChI=1S/C14H11F4N.ClH/c15-13-6-5-9(8-19)7-11(13)10-3-1-2-4-12(10)14(16,17)18;/h1-7H,8,19H2;1H. The van der Waals surface area contributed by atoms with E-state index in [4.69, 9.17) is 5.73 Å². The monoisotopic (exact) mass is 305 g/mol. The molecule has 0 aliphatic heterocycles. The molecule has 2 aromatic carbocycles. The average molecular weight is 306 g/mol. The van der Waals surface area contributed by atoms with E-state index >= 15 is 0 Å². The van der Waals surface area contributed by atoms with Gasteiger partial charge in [-0.05, 0) is 29.3 Å². The second kappa shape index (κ2) is 6.24. The van der Waals surface area contributed by atoms with Gasteiger partial charge in [0.05, 0.1) is 5.56 Å². The van der Waals surface area contributed by atoms with Gasteiger partial charge in [-0.3, -0.25) is 0 Å². The number of hydrogen-bond donors (Lipinski definition) is 1. The molecule has 0 heterocycles. The maximum absolute atomic E-state index is 13.8. The van der Waals surface area contributed by atoms with Gasteiger partial charge in [-0.15, -0.1) is 12.4 Å². The molecule has 2 aromatic rings. The van der Waals surface area contributed by atoms with E-state index in [2.05, 4.69) is 0 Å². The number of halogens is 5. The largest absolute Gasteiger partial charge is 0.417 e. The highest BCUT2D eigenvalue weighted by Crippen LogP contribution is 2.37. The number of nitrogens with two attached hydrogens (primary N) is 1. The Morgan fingerprint density at radius 2 is 1.60 bits per heavy atom. The molecule has 0 aliphatic rings. The van der Waals surface area contributed by atoms with E-state index in [1.807, 2.05) is 0 Å². The van der Waals surface area contributed by atoms with Crippen LogP contribution in [-0.2, 0) is 12.7 Å². The summed E-state index contributed by atoms with van der Waals surface area (Å²) in [5.41, 5.74) is 4.88. The van der Waals surface area contributed by atoms with E-state index in [1.54, 1.807) is 0 Å². The third kappa shape index (κ3) is 3.29. The van der Waals surface area contributed by atoms with Crippen LogP contribution in [0.25, 0.3) is 11.1 Å². The molecular formula is C14H12ClF4N. The molecule has 0 fully saturated rings. The second-order valence-corrected chi connectivity index (χ2v) is 4.06. The summed E-state index contributed by atoms with van der Waals surface area (Å²) in [6.07, 6.45) is -4.53. The van der Waals surface area contributed by atoms with Gasteiger partial charge in [0.25, 0.3) is 0 Å². The lowest BCUT2D eigenvalue weighted by Gasteiger charge is -2.14. The molecule has 0 radical (unpaired) electrons. The Balaban J connectivity index is 0.00000200. The summed E-state index contributed by atoms with van der Waals surface area (Å²) in [7, 11) is 0. The van der Waals surface area contributed by atoms with Gasteiger partial charge < -0.3 is 5.73 Å². The van der Waals surface area contributed by atoms with Crippen molar-refractivity contribution in [1.82, 2.24) is 0 Å². The predicted octanol–water partition coefficient (Wildman–Crippen LogP) is 4.39. The van der Waals surface area contributed by atoms with Crippen molar-refractivity contribution in [2.45, 2.75) is 12.7 Å². The molecule has 0 aliphatic carbocycles. The average Bonchev–Trinajstić information content (AvgIpc) is 2.38. The van der Waals surface area contributed by atoms with Crippen molar-refractivity contribution in [1.29, 1.82) is 0 Å². The van der Waals surface area contributed by atoms with Crippen LogP contribution in [0.1, 0.15) is 11.1 Å². The molecule has 0 bridgehead atoms. The zero-order chi connectivity index (χ0) is 14.0. The fraction of sp³-hybridized carbons (Fsp3) is 0.143. The van der Waals surface area contributed by atoms with Gasteiger partial charge in [0, 0.05) is 12.1 Å². The number of benzene rings is 2. The first kappa shape index (κ1) is 16.5. The van der Waals surface area contributed by atoms with Gasteiger partial charge >= 0.3 is 6.18 Å². The Hall–Kier alpha value is -1.59. The summed E-state index contributed by atoms with van der Waals surface area (Å²) in [6, 6.07) is 8.83. The zero-order valence-corrected chi connectivity index (χ0v) is 11.1. The molecule has 108 valence electrons. The highest BCUT2D eigenvalue weighted by molar-refractivity contribution is 5.85. The van der Waals surface area contributed by atoms with Gasteiger partial charge in [-0.2, -0.15) is 13.2 Å². The van der Waals surface area contributed by atoms with Crippen LogP contribution in [0.15, 0.2) is 42.5 Å². The highest BCUT2D eigenvalue weighted by atomic mass is 35.5. The number of rotatable bonds is 2. The van der Waals surface area contributed by atoms with Crippen molar-refractivity contribution < 1.29 is 17.6 Å². The first-order valence-corrected chi connectivity index (χ1v) is 5.58. The van der Waals surface area contributed by atoms with E-state index in [-0.39, 0.29) is 30.1 Å². The fourth-order valence-corrected chi connectivity index (χ4v) is 1.87. The molecule has 2 rings (SSSR count).